The van der Waals surface area contributed by atoms with E-state index in [0.717, 1.165) is 19.4 Å². The molecular weight excluding hydrogens is 180 g/mol. The number of unbranched alkanes of at least 4 members (excludes halogenated alkanes) is 1. The molecule has 1 rings (SSSR count). The Labute approximate surface area is 84.7 Å². The van der Waals surface area contributed by atoms with E-state index in [1.165, 1.54) is 0 Å². The number of hydrogen-bond donors (Lipinski definition) is 1. The van der Waals surface area contributed by atoms with E-state index in [4.69, 9.17) is 0 Å². The van der Waals surface area contributed by atoms with E-state index < -0.39 is 0 Å². The van der Waals surface area contributed by atoms with Crippen LogP contribution in [0.4, 0.5) is 0 Å². The van der Waals surface area contributed by atoms with E-state index in [9.17, 15) is 9.59 Å². The van der Waals surface area contributed by atoms with Gasteiger partial charge in [-0.2, -0.15) is 0 Å². The summed E-state index contributed by atoms with van der Waals surface area (Å²) in [7, 11) is 0. The quantitative estimate of drug-likeness (QED) is 0.719. The molecule has 1 atom stereocenters. The minimum Gasteiger partial charge on any atom is -0.347 e. The summed E-state index contributed by atoms with van der Waals surface area (Å²) in [5.41, 5.74) is 0. The highest BCUT2D eigenvalue weighted by molar-refractivity contribution is 5.87. The van der Waals surface area contributed by atoms with Crippen molar-refractivity contribution < 1.29 is 9.59 Å². The van der Waals surface area contributed by atoms with Crippen molar-refractivity contribution in [2.45, 2.75) is 39.2 Å². The Kier molecular flexibility index (Phi) is 3.92. The van der Waals surface area contributed by atoms with Gasteiger partial charge in [0.1, 0.15) is 0 Å². The van der Waals surface area contributed by atoms with E-state index in [-0.39, 0.29) is 24.4 Å². The first-order chi connectivity index (χ1) is 6.65. The molecule has 0 radical (unpaired) electrons. The van der Waals surface area contributed by atoms with Gasteiger partial charge in [0.05, 0.1) is 6.54 Å². The predicted octanol–water partition coefficient (Wildman–Crippen LogP) is 0.524. The SMILES string of the molecule is CCCCN1C(=O)CNC(=O)CC1C. The van der Waals surface area contributed by atoms with Crippen molar-refractivity contribution in [2.75, 3.05) is 13.1 Å². The number of hydrogen-bond acceptors (Lipinski definition) is 2. The average molecular weight is 198 g/mol. The second kappa shape index (κ2) is 4.98. The summed E-state index contributed by atoms with van der Waals surface area (Å²) in [5, 5.41) is 2.60. The Hall–Kier alpha value is -1.06. The third-order valence-corrected chi connectivity index (χ3v) is 2.52. The minimum atomic E-state index is -0.0233. The molecule has 1 aliphatic rings. The van der Waals surface area contributed by atoms with Gasteiger partial charge in [-0.05, 0) is 13.3 Å². The minimum absolute atomic E-state index is 0.0233. The molecule has 0 aromatic carbocycles. The molecule has 4 heteroatoms. The first kappa shape index (κ1) is 11.0. The van der Waals surface area contributed by atoms with Gasteiger partial charge in [-0.3, -0.25) is 9.59 Å². The molecule has 2 amide bonds. The number of nitrogens with zero attached hydrogens (tertiary/aromatic N) is 1. The molecule has 1 N–H and O–H groups in total. The maximum atomic E-state index is 11.6. The van der Waals surface area contributed by atoms with Gasteiger partial charge in [0.25, 0.3) is 0 Å². The highest BCUT2D eigenvalue weighted by Gasteiger charge is 2.25. The van der Waals surface area contributed by atoms with Crippen LogP contribution in [-0.4, -0.2) is 35.8 Å². The average Bonchev–Trinajstić information content (AvgIpc) is 2.25. The van der Waals surface area contributed by atoms with Gasteiger partial charge in [0, 0.05) is 19.0 Å². The highest BCUT2D eigenvalue weighted by atomic mass is 16.2. The monoisotopic (exact) mass is 198 g/mol. The van der Waals surface area contributed by atoms with Crippen LogP contribution in [0.3, 0.4) is 0 Å². The molecule has 1 aliphatic heterocycles. The summed E-state index contributed by atoms with van der Waals surface area (Å²) in [6, 6.07) is 0.0385. The fourth-order valence-corrected chi connectivity index (χ4v) is 1.65. The Bertz CT molecular complexity index is 228. The van der Waals surface area contributed by atoms with Crippen LogP contribution in [0.1, 0.15) is 33.1 Å². The predicted molar refractivity (Wildman–Crippen MR) is 53.7 cm³/mol. The molecule has 0 aromatic heterocycles. The molecule has 4 nitrogen and oxygen atoms in total. The molecule has 0 saturated carbocycles. The molecule has 1 saturated heterocycles. The maximum absolute atomic E-state index is 11.6. The number of rotatable bonds is 3. The van der Waals surface area contributed by atoms with Crippen molar-refractivity contribution in [1.29, 1.82) is 0 Å². The van der Waals surface area contributed by atoms with Crippen LogP contribution < -0.4 is 5.32 Å². The molecule has 0 spiro atoms. The largest absolute Gasteiger partial charge is 0.347 e. The molecule has 1 unspecified atom stereocenters. The lowest BCUT2D eigenvalue weighted by Crippen LogP contribution is -2.40. The van der Waals surface area contributed by atoms with Crippen molar-refractivity contribution in [2.24, 2.45) is 0 Å². The van der Waals surface area contributed by atoms with Gasteiger partial charge in [-0.25, -0.2) is 0 Å². The highest BCUT2D eigenvalue weighted by Crippen LogP contribution is 2.09. The maximum Gasteiger partial charge on any atom is 0.242 e. The lowest BCUT2D eigenvalue weighted by atomic mass is 10.2. The fraction of sp³-hybridized carbons (Fsp3) is 0.800. The van der Waals surface area contributed by atoms with Crippen molar-refractivity contribution >= 4 is 11.8 Å². The van der Waals surface area contributed by atoms with Crippen LogP contribution in [0.2, 0.25) is 0 Å². The van der Waals surface area contributed by atoms with Crippen molar-refractivity contribution in [3.63, 3.8) is 0 Å². The summed E-state index contributed by atoms with van der Waals surface area (Å²) in [6.07, 6.45) is 2.50. The first-order valence-electron chi connectivity index (χ1n) is 5.21. The van der Waals surface area contributed by atoms with Gasteiger partial charge in [-0.1, -0.05) is 13.3 Å². The number of amides is 2. The van der Waals surface area contributed by atoms with E-state index in [0.29, 0.717) is 6.42 Å². The topological polar surface area (TPSA) is 49.4 Å². The Morgan fingerprint density at radius 3 is 2.86 bits per heavy atom. The molecule has 14 heavy (non-hydrogen) atoms. The zero-order valence-electron chi connectivity index (χ0n) is 8.88. The van der Waals surface area contributed by atoms with Crippen LogP contribution in [0.5, 0.6) is 0 Å². The van der Waals surface area contributed by atoms with Gasteiger partial charge < -0.3 is 10.2 Å². The van der Waals surface area contributed by atoms with Gasteiger partial charge >= 0.3 is 0 Å². The molecular formula is C10H18N2O2. The van der Waals surface area contributed by atoms with Crippen LogP contribution in [0, 0.1) is 0 Å². The summed E-state index contributed by atoms with van der Waals surface area (Å²) in [4.78, 5) is 24.6. The Morgan fingerprint density at radius 2 is 2.21 bits per heavy atom. The lowest BCUT2D eigenvalue weighted by molar-refractivity contribution is -0.131. The Balaban J connectivity index is 2.59. The smallest absolute Gasteiger partial charge is 0.242 e. The second-order valence-electron chi connectivity index (χ2n) is 3.77. The summed E-state index contributed by atoms with van der Waals surface area (Å²) in [5.74, 6) is 0.0154. The van der Waals surface area contributed by atoms with Crippen LogP contribution in [-0.2, 0) is 9.59 Å². The van der Waals surface area contributed by atoms with E-state index in [1.54, 1.807) is 4.90 Å². The fourth-order valence-electron chi connectivity index (χ4n) is 1.65. The molecule has 80 valence electrons. The number of carbonyl (C=O) groups excluding carboxylic acids is 2. The summed E-state index contributed by atoms with van der Waals surface area (Å²) < 4.78 is 0. The number of nitrogens with one attached hydrogen (secondary N) is 1. The molecule has 0 aromatic rings. The van der Waals surface area contributed by atoms with Crippen molar-refractivity contribution in [1.82, 2.24) is 10.2 Å². The standard InChI is InChI=1S/C10H18N2O2/c1-3-4-5-12-8(2)6-9(13)11-7-10(12)14/h8H,3-7H2,1-2H3,(H,11,13). The second-order valence-corrected chi connectivity index (χ2v) is 3.77. The third-order valence-electron chi connectivity index (χ3n) is 2.52. The third kappa shape index (κ3) is 2.72. The lowest BCUT2D eigenvalue weighted by Gasteiger charge is -2.26. The molecule has 0 aliphatic carbocycles. The Morgan fingerprint density at radius 1 is 1.50 bits per heavy atom. The summed E-state index contributed by atoms with van der Waals surface area (Å²) in [6.45, 7) is 4.95. The van der Waals surface area contributed by atoms with Crippen LogP contribution >= 0.6 is 0 Å². The van der Waals surface area contributed by atoms with E-state index in [2.05, 4.69) is 12.2 Å². The van der Waals surface area contributed by atoms with E-state index >= 15 is 0 Å². The van der Waals surface area contributed by atoms with Crippen LogP contribution in [0.25, 0.3) is 0 Å². The van der Waals surface area contributed by atoms with E-state index in [1.807, 2.05) is 6.92 Å². The normalized spacial score (nSPS) is 23.3. The van der Waals surface area contributed by atoms with Crippen molar-refractivity contribution in [3.8, 4) is 0 Å². The molecule has 0 bridgehead atoms. The zero-order chi connectivity index (χ0) is 10.6. The van der Waals surface area contributed by atoms with Crippen LogP contribution in [0.15, 0.2) is 0 Å². The van der Waals surface area contributed by atoms with Gasteiger partial charge in [0.2, 0.25) is 11.8 Å². The first-order valence-corrected chi connectivity index (χ1v) is 5.21. The molecule has 1 fully saturated rings. The van der Waals surface area contributed by atoms with Crippen molar-refractivity contribution in [3.05, 3.63) is 0 Å². The zero-order valence-corrected chi connectivity index (χ0v) is 8.88. The van der Waals surface area contributed by atoms with Gasteiger partial charge in [-0.15, -0.1) is 0 Å². The molecule has 1 heterocycles. The van der Waals surface area contributed by atoms with Gasteiger partial charge in [0.15, 0.2) is 0 Å². The number of carbonyl (C=O) groups is 2. The summed E-state index contributed by atoms with van der Waals surface area (Å²) >= 11 is 0.